The number of fused-ring (bicyclic) bond motifs is 3. The van der Waals surface area contributed by atoms with Crippen LogP contribution in [0.4, 0.5) is 18.9 Å². The van der Waals surface area contributed by atoms with Gasteiger partial charge < -0.3 is 10.2 Å². The largest absolute Gasteiger partial charge is 0.347 e. The van der Waals surface area contributed by atoms with Crippen molar-refractivity contribution in [1.29, 1.82) is 0 Å². The molecule has 0 saturated carbocycles. The summed E-state index contributed by atoms with van der Waals surface area (Å²) in [7, 11) is 0. The molecule has 1 N–H and O–H groups in total. The number of thiophene rings is 1. The van der Waals surface area contributed by atoms with E-state index in [0.29, 0.717) is 57.2 Å². The molecule has 0 aliphatic carbocycles. The highest BCUT2D eigenvalue weighted by Gasteiger charge is 2.44. The first-order chi connectivity index (χ1) is 19.8. The molecule has 41 heavy (non-hydrogen) atoms. The molecule has 10 heteroatoms. The molecule has 6 rings (SSSR count). The number of amides is 2. The normalized spacial score (nSPS) is 15.5. The number of hydrogen-bond donors (Lipinski definition) is 1. The smallest absolute Gasteiger partial charge is 0.261 e. The minimum atomic E-state index is -0.992. The Morgan fingerprint density at radius 1 is 1.02 bits per heavy atom. The van der Waals surface area contributed by atoms with Gasteiger partial charge in [0.2, 0.25) is 5.69 Å². The molecule has 2 aromatic carbocycles. The van der Waals surface area contributed by atoms with Gasteiger partial charge in [-0.05, 0) is 73.2 Å². The summed E-state index contributed by atoms with van der Waals surface area (Å²) < 4.78 is 40.2. The van der Waals surface area contributed by atoms with Gasteiger partial charge in [0.05, 0.1) is 28.7 Å². The number of carbonyl (C=O) groups excluding carboxylic acids is 2. The quantitative estimate of drug-likeness (QED) is 0.248. The van der Waals surface area contributed by atoms with E-state index in [1.165, 1.54) is 18.2 Å². The molecular weight excluding hydrogens is 549 g/mol. The van der Waals surface area contributed by atoms with Gasteiger partial charge in [-0.25, -0.2) is 18.0 Å². The summed E-state index contributed by atoms with van der Waals surface area (Å²) in [6.07, 6.45) is 2.64. The van der Waals surface area contributed by atoms with Crippen molar-refractivity contribution < 1.29 is 22.8 Å². The summed E-state index contributed by atoms with van der Waals surface area (Å²) in [5.41, 5.74) is 3.73. The Bertz CT molecular complexity index is 1730. The van der Waals surface area contributed by atoms with Crippen LogP contribution >= 0.6 is 11.3 Å². The Morgan fingerprint density at radius 3 is 2.56 bits per heavy atom. The summed E-state index contributed by atoms with van der Waals surface area (Å²) in [6.45, 7) is 8.67. The fourth-order valence-electron chi connectivity index (χ4n) is 5.50. The summed E-state index contributed by atoms with van der Waals surface area (Å²) in [5, 5.41) is 2.71. The maximum Gasteiger partial charge on any atom is 0.261 e. The Labute approximate surface area is 238 Å². The molecule has 4 aromatic rings. The van der Waals surface area contributed by atoms with Crippen molar-refractivity contribution in [2.24, 2.45) is 0 Å². The number of pyridine rings is 1. The van der Waals surface area contributed by atoms with Gasteiger partial charge in [0, 0.05) is 29.2 Å². The topological polar surface area (TPSA) is 66.7 Å². The Balaban J connectivity index is 1.34. The van der Waals surface area contributed by atoms with Gasteiger partial charge in [0.15, 0.2) is 11.6 Å². The fourth-order valence-corrected chi connectivity index (χ4v) is 6.48. The molecule has 0 radical (unpaired) electrons. The minimum Gasteiger partial charge on any atom is -0.347 e. The van der Waals surface area contributed by atoms with Crippen LogP contribution in [0.3, 0.4) is 0 Å². The average Bonchev–Trinajstić information content (AvgIpc) is 3.71. The number of nitrogens with zero attached hydrogens (tertiary/aromatic N) is 3. The molecule has 1 atom stereocenters. The van der Waals surface area contributed by atoms with Crippen LogP contribution in [-0.2, 0) is 19.4 Å². The lowest BCUT2D eigenvalue weighted by atomic mass is 9.97. The first-order valence-electron chi connectivity index (χ1n) is 13.2. The van der Waals surface area contributed by atoms with Crippen molar-refractivity contribution in [3.63, 3.8) is 0 Å². The van der Waals surface area contributed by atoms with Crippen molar-refractivity contribution >= 4 is 28.8 Å². The van der Waals surface area contributed by atoms with E-state index in [4.69, 9.17) is 11.6 Å². The Kier molecular flexibility index (Phi) is 7.05. The molecule has 2 amide bonds. The van der Waals surface area contributed by atoms with E-state index < -0.39 is 17.5 Å². The van der Waals surface area contributed by atoms with Crippen molar-refractivity contribution in [1.82, 2.24) is 15.2 Å². The highest BCUT2D eigenvalue weighted by Crippen LogP contribution is 2.49. The molecular formula is C31H23F3N4O2S. The molecule has 4 heterocycles. The predicted octanol–water partition coefficient (Wildman–Crippen LogP) is 6.78. The standard InChI is InChI=1S/C31H23F3N4O2S/c1-35-28-22(11-7-17-4-8-19(32)9-5-17)37-29-23-3-2-14-38(23)31(40)27(29)26(28)24-12-13-25(41-24)30(39)36-16-18-6-10-20(33)21(34)15-18/h4-6,8-10,12-13,15,23H,2-3,7,11,14,16H2,(H,36,39)/t23-/m0/s1. The highest BCUT2D eigenvalue weighted by molar-refractivity contribution is 7.17. The number of nitrogens with one attached hydrogen (secondary N) is 1. The Morgan fingerprint density at radius 2 is 1.80 bits per heavy atom. The van der Waals surface area contributed by atoms with Gasteiger partial charge in [0.25, 0.3) is 11.8 Å². The molecule has 0 bridgehead atoms. The molecule has 0 spiro atoms. The molecule has 2 aliphatic rings. The molecule has 2 aromatic heterocycles. The van der Waals surface area contributed by atoms with Crippen LogP contribution in [0.15, 0.2) is 54.6 Å². The third-order valence-electron chi connectivity index (χ3n) is 7.50. The van der Waals surface area contributed by atoms with Crippen molar-refractivity contribution in [3.05, 3.63) is 116 Å². The number of halogens is 3. The molecule has 0 unspecified atom stereocenters. The first kappa shape index (κ1) is 26.7. The van der Waals surface area contributed by atoms with Gasteiger partial charge in [-0.2, -0.15) is 0 Å². The van der Waals surface area contributed by atoms with Crippen molar-refractivity contribution in [2.75, 3.05) is 6.54 Å². The predicted molar refractivity (Wildman–Crippen MR) is 148 cm³/mol. The maximum atomic E-state index is 13.6. The number of aromatic nitrogens is 1. The second-order valence-corrected chi connectivity index (χ2v) is 11.1. The van der Waals surface area contributed by atoms with Gasteiger partial charge in [0.1, 0.15) is 5.82 Å². The van der Waals surface area contributed by atoms with E-state index in [9.17, 15) is 22.8 Å². The first-order valence-corrected chi connectivity index (χ1v) is 14.0. The van der Waals surface area contributed by atoms with Crippen LogP contribution in [0.5, 0.6) is 0 Å². The zero-order chi connectivity index (χ0) is 28.7. The fraction of sp³-hybridized carbons (Fsp3) is 0.226. The van der Waals surface area contributed by atoms with Crippen molar-refractivity contribution in [3.8, 4) is 10.4 Å². The number of benzene rings is 2. The average molecular weight is 573 g/mol. The lowest BCUT2D eigenvalue weighted by molar-refractivity contribution is 0.0776. The maximum absolute atomic E-state index is 13.6. The Hall–Kier alpha value is -4.49. The zero-order valence-electron chi connectivity index (χ0n) is 21.7. The van der Waals surface area contributed by atoms with E-state index in [0.717, 1.165) is 41.9 Å². The summed E-state index contributed by atoms with van der Waals surface area (Å²) in [5.74, 6) is -2.85. The second kappa shape index (κ2) is 10.8. The van der Waals surface area contributed by atoms with Gasteiger partial charge in [-0.3, -0.25) is 14.6 Å². The van der Waals surface area contributed by atoms with E-state index >= 15 is 0 Å². The summed E-state index contributed by atoms with van der Waals surface area (Å²) in [4.78, 5) is 37.9. The van der Waals surface area contributed by atoms with Crippen LogP contribution in [0, 0.1) is 24.0 Å². The van der Waals surface area contributed by atoms with E-state index in [1.54, 1.807) is 24.3 Å². The monoisotopic (exact) mass is 572 g/mol. The van der Waals surface area contributed by atoms with Crippen LogP contribution in [0.1, 0.15) is 61.4 Å². The van der Waals surface area contributed by atoms with E-state index in [-0.39, 0.29) is 30.0 Å². The molecule has 6 nitrogen and oxygen atoms in total. The molecule has 206 valence electrons. The third-order valence-corrected chi connectivity index (χ3v) is 8.61. The van der Waals surface area contributed by atoms with E-state index in [2.05, 4.69) is 10.2 Å². The van der Waals surface area contributed by atoms with E-state index in [1.807, 2.05) is 4.90 Å². The summed E-state index contributed by atoms with van der Waals surface area (Å²) >= 11 is 1.16. The lowest BCUT2D eigenvalue weighted by Gasteiger charge is -2.15. The van der Waals surface area contributed by atoms with Crippen LogP contribution < -0.4 is 5.32 Å². The van der Waals surface area contributed by atoms with Crippen molar-refractivity contribution in [2.45, 2.75) is 38.3 Å². The molecule has 1 saturated heterocycles. The third kappa shape index (κ3) is 4.98. The number of hydrogen-bond acceptors (Lipinski definition) is 4. The number of aryl methyl sites for hydroxylation is 2. The zero-order valence-corrected chi connectivity index (χ0v) is 22.5. The minimum absolute atomic E-state index is 0.00385. The number of rotatable bonds is 7. The molecule has 1 fully saturated rings. The second-order valence-electron chi connectivity index (χ2n) is 10.0. The van der Waals surface area contributed by atoms with Gasteiger partial charge in [-0.1, -0.05) is 18.2 Å². The van der Waals surface area contributed by atoms with Crippen LogP contribution in [0.2, 0.25) is 0 Å². The molecule has 2 aliphatic heterocycles. The van der Waals surface area contributed by atoms with Crippen LogP contribution in [0.25, 0.3) is 15.3 Å². The SMILES string of the molecule is [C-]#[N+]c1c(CCc2ccc(F)cc2)nc2c(c1-c1ccc(C(=O)NCc3ccc(F)c(F)c3)s1)C(=O)N1CCC[C@@H]21. The van der Waals surface area contributed by atoms with Gasteiger partial charge in [-0.15, -0.1) is 11.3 Å². The number of carbonyl (C=O) groups is 2. The van der Waals surface area contributed by atoms with Crippen LogP contribution in [-0.4, -0.2) is 28.2 Å². The highest BCUT2D eigenvalue weighted by atomic mass is 32.1. The lowest BCUT2D eigenvalue weighted by Crippen LogP contribution is -2.22. The van der Waals surface area contributed by atoms with Gasteiger partial charge >= 0.3 is 0 Å². The summed E-state index contributed by atoms with van der Waals surface area (Å²) in [6, 6.07) is 12.8.